The smallest absolute Gasteiger partial charge is 0.224 e. The van der Waals surface area contributed by atoms with Crippen molar-refractivity contribution in [2.75, 3.05) is 6.54 Å². The zero-order valence-corrected chi connectivity index (χ0v) is 11.0. The van der Waals surface area contributed by atoms with Gasteiger partial charge < -0.3 is 4.57 Å². The molecule has 3 nitrogen and oxygen atoms in total. The van der Waals surface area contributed by atoms with E-state index in [9.17, 15) is 0 Å². The molecule has 1 aromatic rings. The predicted octanol–water partition coefficient (Wildman–Crippen LogP) is 2.25. The molecule has 16 heavy (non-hydrogen) atoms. The summed E-state index contributed by atoms with van der Waals surface area (Å²) in [5.74, 6) is 0. The summed E-state index contributed by atoms with van der Waals surface area (Å²) < 4.78 is 2.04. The van der Waals surface area contributed by atoms with Gasteiger partial charge in [0, 0.05) is 25.5 Å². The van der Waals surface area contributed by atoms with Crippen LogP contribution in [0.3, 0.4) is 0 Å². The molecule has 0 unspecified atom stereocenters. The summed E-state index contributed by atoms with van der Waals surface area (Å²) in [4.78, 5) is 9.04. The van der Waals surface area contributed by atoms with E-state index >= 15 is 0 Å². The van der Waals surface area contributed by atoms with Gasteiger partial charge in [0.2, 0.25) is 5.62 Å². The molecular weight excluding hydrogens is 198 g/mol. The lowest BCUT2D eigenvalue weighted by Crippen LogP contribution is -2.23. The van der Waals surface area contributed by atoms with Crippen molar-refractivity contribution in [2.45, 2.75) is 46.5 Å². The Morgan fingerprint density at radius 2 is 2.12 bits per heavy atom. The van der Waals surface area contributed by atoms with Crippen molar-refractivity contribution in [1.29, 1.82) is 0 Å². The summed E-state index contributed by atoms with van der Waals surface area (Å²) in [6.07, 6.45) is 6.83. The van der Waals surface area contributed by atoms with Crippen molar-refractivity contribution in [3.63, 3.8) is 0 Å². The number of fused-ring (bicyclic) bond motifs is 1. The van der Waals surface area contributed by atoms with Gasteiger partial charge in [-0.15, -0.1) is 0 Å². The molecule has 0 radical (unpaired) electrons. The third-order valence-electron chi connectivity index (χ3n) is 2.61. The maximum absolute atomic E-state index is 4.59. The number of aromatic nitrogens is 2. The van der Waals surface area contributed by atoms with Gasteiger partial charge >= 0.3 is 0 Å². The fourth-order valence-corrected chi connectivity index (χ4v) is 1.87. The SMILES string of the molecule is CC.CCCN=c1nc2c(cn1C)CCC2. The number of hydrogen-bond acceptors (Lipinski definition) is 2. The Bertz CT molecular complexity index is 391. The fraction of sp³-hybridized carbons (Fsp3) is 0.692. The minimum atomic E-state index is 0.875. The van der Waals surface area contributed by atoms with E-state index in [2.05, 4.69) is 23.1 Å². The van der Waals surface area contributed by atoms with Crippen LogP contribution >= 0.6 is 0 Å². The zero-order chi connectivity index (χ0) is 12.0. The lowest BCUT2D eigenvalue weighted by Gasteiger charge is -2.03. The number of aryl methyl sites for hydroxylation is 3. The third-order valence-corrected chi connectivity index (χ3v) is 2.61. The average molecular weight is 221 g/mol. The highest BCUT2D eigenvalue weighted by molar-refractivity contribution is 5.21. The molecular formula is C13H23N3. The quantitative estimate of drug-likeness (QED) is 0.753. The Balaban J connectivity index is 0.000000606. The largest absolute Gasteiger partial charge is 0.320 e. The zero-order valence-electron chi connectivity index (χ0n) is 11.0. The molecule has 0 N–H and O–H groups in total. The highest BCUT2D eigenvalue weighted by atomic mass is 15.1. The van der Waals surface area contributed by atoms with Crippen LogP contribution < -0.4 is 5.62 Å². The van der Waals surface area contributed by atoms with Crippen molar-refractivity contribution in [3.05, 3.63) is 23.1 Å². The molecule has 0 saturated carbocycles. The van der Waals surface area contributed by atoms with Crippen molar-refractivity contribution in [1.82, 2.24) is 9.55 Å². The van der Waals surface area contributed by atoms with Crippen LogP contribution in [-0.4, -0.2) is 16.1 Å². The molecule has 0 bridgehead atoms. The lowest BCUT2D eigenvalue weighted by atomic mass is 10.3. The van der Waals surface area contributed by atoms with Gasteiger partial charge in [-0.2, -0.15) is 0 Å². The van der Waals surface area contributed by atoms with Crippen molar-refractivity contribution in [2.24, 2.45) is 12.0 Å². The van der Waals surface area contributed by atoms with E-state index in [1.807, 2.05) is 25.5 Å². The van der Waals surface area contributed by atoms with Gasteiger partial charge in [-0.3, -0.25) is 4.99 Å². The summed E-state index contributed by atoms with van der Waals surface area (Å²) in [5, 5.41) is 0. The molecule has 90 valence electrons. The Kier molecular flexibility index (Phi) is 5.23. The van der Waals surface area contributed by atoms with E-state index in [4.69, 9.17) is 0 Å². The highest BCUT2D eigenvalue weighted by Crippen LogP contribution is 2.16. The summed E-state index contributed by atoms with van der Waals surface area (Å²) in [6, 6.07) is 0. The van der Waals surface area contributed by atoms with E-state index in [1.54, 1.807) is 0 Å². The summed E-state index contributed by atoms with van der Waals surface area (Å²) in [7, 11) is 2.03. The monoisotopic (exact) mass is 221 g/mol. The maximum Gasteiger partial charge on any atom is 0.224 e. The van der Waals surface area contributed by atoms with Gasteiger partial charge in [0.15, 0.2) is 0 Å². The van der Waals surface area contributed by atoms with E-state index in [-0.39, 0.29) is 0 Å². The maximum atomic E-state index is 4.59. The van der Waals surface area contributed by atoms with Crippen LogP contribution in [-0.2, 0) is 19.9 Å². The van der Waals surface area contributed by atoms with Gasteiger partial charge in [0.1, 0.15) is 0 Å². The first-order valence-corrected chi connectivity index (χ1v) is 6.37. The van der Waals surface area contributed by atoms with E-state index in [0.29, 0.717) is 0 Å². The first-order valence-electron chi connectivity index (χ1n) is 6.37. The normalized spacial score (nSPS) is 14.4. The number of rotatable bonds is 2. The second-order valence-corrected chi connectivity index (χ2v) is 3.86. The van der Waals surface area contributed by atoms with E-state index < -0.39 is 0 Å². The van der Waals surface area contributed by atoms with Crippen molar-refractivity contribution in [3.8, 4) is 0 Å². The second-order valence-electron chi connectivity index (χ2n) is 3.86. The molecule has 1 aliphatic rings. The molecule has 1 heterocycles. The molecule has 0 fully saturated rings. The summed E-state index contributed by atoms with van der Waals surface area (Å²) in [6.45, 7) is 7.01. The van der Waals surface area contributed by atoms with Crippen LogP contribution in [0.1, 0.15) is 44.9 Å². The Labute approximate surface area is 98.3 Å². The molecule has 1 aromatic heterocycles. The van der Waals surface area contributed by atoms with E-state index in [0.717, 1.165) is 25.0 Å². The van der Waals surface area contributed by atoms with Gasteiger partial charge in [0.25, 0.3) is 0 Å². The van der Waals surface area contributed by atoms with Crippen molar-refractivity contribution < 1.29 is 0 Å². The predicted molar refractivity (Wildman–Crippen MR) is 67.3 cm³/mol. The Morgan fingerprint density at radius 1 is 1.38 bits per heavy atom. The molecule has 0 amide bonds. The molecule has 0 aliphatic heterocycles. The highest BCUT2D eigenvalue weighted by Gasteiger charge is 2.12. The lowest BCUT2D eigenvalue weighted by molar-refractivity contribution is 0.728. The van der Waals surface area contributed by atoms with Crippen LogP contribution in [0, 0.1) is 0 Å². The number of nitrogens with zero attached hydrogens (tertiary/aromatic N) is 3. The summed E-state index contributed by atoms with van der Waals surface area (Å²) in [5.41, 5.74) is 3.55. The molecule has 0 saturated heterocycles. The topological polar surface area (TPSA) is 30.2 Å². The Morgan fingerprint density at radius 3 is 2.81 bits per heavy atom. The van der Waals surface area contributed by atoms with Crippen molar-refractivity contribution >= 4 is 0 Å². The van der Waals surface area contributed by atoms with Crippen LogP contribution in [0.4, 0.5) is 0 Å². The first kappa shape index (κ1) is 12.9. The van der Waals surface area contributed by atoms with Crippen LogP contribution in [0.2, 0.25) is 0 Å². The molecule has 2 rings (SSSR count). The Hall–Kier alpha value is -1.12. The molecule has 3 heteroatoms. The standard InChI is InChI=1S/C11H17N3.C2H6/c1-3-7-12-11-13-10-6-4-5-9(10)8-14(11)2;1-2/h8H,3-7H2,1-2H3;1-2H3. The molecule has 0 spiro atoms. The second kappa shape index (κ2) is 6.46. The van der Waals surface area contributed by atoms with Gasteiger partial charge in [-0.25, -0.2) is 4.98 Å². The van der Waals surface area contributed by atoms with E-state index in [1.165, 1.54) is 24.1 Å². The summed E-state index contributed by atoms with van der Waals surface area (Å²) >= 11 is 0. The minimum Gasteiger partial charge on any atom is -0.320 e. The van der Waals surface area contributed by atoms with Crippen LogP contribution in [0.15, 0.2) is 11.2 Å². The van der Waals surface area contributed by atoms with Crippen LogP contribution in [0.25, 0.3) is 0 Å². The van der Waals surface area contributed by atoms with Gasteiger partial charge in [-0.05, 0) is 31.2 Å². The van der Waals surface area contributed by atoms with Crippen LogP contribution in [0.5, 0.6) is 0 Å². The average Bonchev–Trinajstić information content (AvgIpc) is 2.75. The third kappa shape index (κ3) is 2.94. The fourth-order valence-electron chi connectivity index (χ4n) is 1.87. The number of hydrogen-bond donors (Lipinski definition) is 0. The van der Waals surface area contributed by atoms with Gasteiger partial charge in [0.05, 0.1) is 0 Å². The van der Waals surface area contributed by atoms with Gasteiger partial charge in [-0.1, -0.05) is 20.8 Å². The first-order chi connectivity index (χ1) is 7.81. The minimum absolute atomic E-state index is 0.875. The molecule has 0 atom stereocenters. The molecule has 0 aromatic carbocycles. The molecule has 1 aliphatic carbocycles.